The van der Waals surface area contributed by atoms with Crippen LogP contribution in [0.15, 0.2) is 79.5 Å². The fourth-order valence-electron chi connectivity index (χ4n) is 6.01. The van der Waals surface area contributed by atoms with Gasteiger partial charge in [-0.1, -0.05) is 36.4 Å². The van der Waals surface area contributed by atoms with Crippen molar-refractivity contribution < 1.29 is 9.59 Å². The monoisotopic (exact) mass is 680 g/mol. The summed E-state index contributed by atoms with van der Waals surface area (Å²) in [5.41, 5.74) is 9.21. The number of hydrogen-bond donors (Lipinski definition) is 6. The SMILES string of the molecule is CC(C)(C)NC(=O)c1c[nH]c2ncc(-c3cccc4cc[nH]c34)nc12.Cc1cc2cccc(-c3cnc4[nH]cc(C(=O)NC(C)(C)C)c4n3)c2[nH]1. The lowest BCUT2D eigenvalue weighted by Crippen LogP contribution is -2.40. The number of carbonyl (C=O) groups excluding carboxylic acids is 2. The molecular weight excluding hydrogens is 640 g/mol. The zero-order valence-electron chi connectivity index (χ0n) is 29.6. The number of nitrogens with one attached hydrogen (secondary N) is 6. The number of aryl methyl sites for hydroxylation is 1. The van der Waals surface area contributed by atoms with Gasteiger partial charge in [-0.25, -0.2) is 19.9 Å². The Morgan fingerprint density at radius 2 is 1.16 bits per heavy atom. The maximum atomic E-state index is 12.6. The predicted molar refractivity (Wildman–Crippen MR) is 202 cm³/mol. The topological polar surface area (TPSA) is 173 Å². The first-order valence-electron chi connectivity index (χ1n) is 16.7. The van der Waals surface area contributed by atoms with E-state index in [4.69, 9.17) is 9.97 Å². The van der Waals surface area contributed by atoms with Crippen molar-refractivity contribution in [3.8, 4) is 22.5 Å². The van der Waals surface area contributed by atoms with E-state index in [1.165, 1.54) is 0 Å². The average molecular weight is 681 g/mol. The van der Waals surface area contributed by atoms with Crippen molar-refractivity contribution in [3.05, 3.63) is 96.3 Å². The number of amides is 2. The minimum atomic E-state index is -0.320. The van der Waals surface area contributed by atoms with Crippen molar-refractivity contribution in [2.75, 3.05) is 0 Å². The van der Waals surface area contributed by atoms with Crippen LogP contribution in [-0.2, 0) is 0 Å². The number of hydrogen-bond acceptors (Lipinski definition) is 6. The van der Waals surface area contributed by atoms with Gasteiger partial charge < -0.3 is 30.6 Å². The van der Waals surface area contributed by atoms with Gasteiger partial charge in [0.15, 0.2) is 11.3 Å². The van der Waals surface area contributed by atoms with E-state index in [0.717, 1.165) is 50.0 Å². The molecule has 0 aliphatic heterocycles. The van der Waals surface area contributed by atoms with Crippen LogP contribution in [0.2, 0.25) is 0 Å². The molecule has 12 nitrogen and oxygen atoms in total. The number of fused-ring (bicyclic) bond motifs is 4. The molecule has 51 heavy (non-hydrogen) atoms. The van der Waals surface area contributed by atoms with E-state index >= 15 is 0 Å². The summed E-state index contributed by atoms with van der Waals surface area (Å²) in [6, 6.07) is 16.2. The molecule has 0 fully saturated rings. The van der Waals surface area contributed by atoms with Crippen LogP contribution in [0.1, 0.15) is 68.0 Å². The molecule has 2 aromatic carbocycles. The van der Waals surface area contributed by atoms with Crippen molar-refractivity contribution in [2.24, 2.45) is 0 Å². The summed E-state index contributed by atoms with van der Waals surface area (Å²) in [4.78, 5) is 56.2. The lowest BCUT2D eigenvalue weighted by Gasteiger charge is -2.20. The largest absolute Gasteiger partial charge is 0.361 e. The second-order valence-corrected chi connectivity index (χ2v) is 14.7. The van der Waals surface area contributed by atoms with Gasteiger partial charge in [-0.2, -0.15) is 0 Å². The second kappa shape index (κ2) is 12.5. The number of nitrogens with zero attached hydrogens (tertiary/aromatic N) is 4. The van der Waals surface area contributed by atoms with Gasteiger partial charge in [0, 0.05) is 57.3 Å². The second-order valence-electron chi connectivity index (χ2n) is 14.7. The molecule has 6 heterocycles. The fraction of sp³-hybridized carbons (Fsp3) is 0.231. The highest BCUT2D eigenvalue weighted by Gasteiger charge is 2.22. The summed E-state index contributed by atoms with van der Waals surface area (Å²) < 4.78 is 0. The van der Waals surface area contributed by atoms with Gasteiger partial charge in [-0.05, 0) is 60.6 Å². The molecule has 0 radical (unpaired) electrons. The van der Waals surface area contributed by atoms with Gasteiger partial charge in [-0.3, -0.25) is 9.59 Å². The molecule has 6 N–H and O–H groups in total. The van der Waals surface area contributed by atoms with Gasteiger partial charge >= 0.3 is 0 Å². The van der Waals surface area contributed by atoms with Crippen molar-refractivity contribution in [3.63, 3.8) is 0 Å². The number of para-hydroxylation sites is 2. The Morgan fingerprint density at radius 1 is 0.647 bits per heavy atom. The normalized spacial score (nSPS) is 12.0. The van der Waals surface area contributed by atoms with Crippen LogP contribution in [0.25, 0.3) is 66.6 Å². The molecule has 8 aromatic rings. The van der Waals surface area contributed by atoms with Gasteiger partial charge in [0.25, 0.3) is 11.8 Å². The summed E-state index contributed by atoms with van der Waals surface area (Å²) in [5, 5.41) is 8.18. The molecule has 258 valence electrons. The summed E-state index contributed by atoms with van der Waals surface area (Å²) in [6.07, 6.45) is 8.67. The molecule has 8 rings (SSSR count). The van der Waals surface area contributed by atoms with E-state index < -0.39 is 0 Å². The molecule has 0 unspecified atom stereocenters. The van der Waals surface area contributed by atoms with E-state index in [9.17, 15) is 9.59 Å². The number of aromatic amines is 4. The van der Waals surface area contributed by atoms with Crippen LogP contribution < -0.4 is 10.6 Å². The summed E-state index contributed by atoms with van der Waals surface area (Å²) in [5.74, 6) is -0.326. The van der Waals surface area contributed by atoms with Crippen molar-refractivity contribution in [1.82, 2.24) is 50.5 Å². The van der Waals surface area contributed by atoms with Crippen LogP contribution in [0.3, 0.4) is 0 Å². The Balaban J connectivity index is 0.000000159. The zero-order valence-corrected chi connectivity index (χ0v) is 29.6. The average Bonchev–Trinajstić information content (AvgIpc) is 3.87. The highest BCUT2D eigenvalue weighted by Crippen LogP contribution is 2.30. The van der Waals surface area contributed by atoms with Gasteiger partial charge in [-0.15, -0.1) is 0 Å². The van der Waals surface area contributed by atoms with E-state index in [0.29, 0.717) is 33.5 Å². The van der Waals surface area contributed by atoms with E-state index in [1.807, 2.05) is 91.1 Å². The highest BCUT2D eigenvalue weighted by atomic mass is 16.2. The lowest BCUT2D eigenvalue weighted by atomic mass is 10.1. The maximum Gasteiger partial charge on any atom is 0.255 e. The van der Waals surface area contributed by atoms with Crippen molar-refractivity contribution in [2.45, 2.75) is 59.5 Å². The summed E-state index contributed by atoms with van der Waals surface area (Å²) in [7, 11) is 0. The standard InChI is InChI=1S/C20H21N5O.C19H19N5O/c1-11-8-12-6-5-7-13(16(12)23-11)15-10-22-18-17(24-15)14(9-21-18)19(26)25-20(2,3)4;1-19(2,3)24-18(25)13-9-21-17-16(13)23-14(10-22-17)12-6-4-5-11-7-8-20-15(11)12/h5-10,23H,1-4H3,(H,21,22)(H,25,26);4-10,20H,1-3H3,(H,21,22)(H,24,25). The zero-order chi connectivity index (χ0) is 36.1. The maximum absolute atomic E-state index is 12.6. The van der Waals surface area contributed by atoms with Gasteiger partial charge in [0.2, 0.25) is 0 Å². The minimum Gasteiger partial charge on any atom is -0.361 e. The quantitative estimate of drug-likeness (QED) is 0.112. The molecule has 0 bridgehead atoms. The van der Waals surface area contributed by atoms with E-state index in [1.54, 1.807) is 24.8 Å². The Bertz CT molecular complexity index is 2570. The molecule has 0 aliphatic carbocycles. The highest BCUT2D eigenvalue weighted by molar-refractivity contribution is 6.06. The Morgan fingerprint density at radius 3 is 1.69 bits per heavy atom. The van der Waals surface area contributed by atoms with Crippen LogP contribution >= 0.6 is 0 Å². The van der Waals surface area contributed by atoms with E-state index in [-0.39, 0.29) is 22.9 Å². The predicted octanol–water partition coefficient (Wildman–Crippen LogP) is 7.58. The molecule has 6 aromatic heterocycles. The Kier molecular flexibility index (Phi) is 8.17. The summed E-state index contributed by atoms with van der Waals surface area (Å²) >= 11 is 0. The smallest absolute Gasteiger partial charge is 0.255 e. The van der Waals surface area contributed by atoms with Crippen LogP contribution in [0.5, 0.6) is 0 Å². The summed E-state index contributed by atoms with van der Waals surface area (Å²) in [6.45, 7) is 13.7. The van der Waals surface area contributed by atoms with Crippen LogP contribution in [-0.4, -0.2) is 62.8 Å². The van der Waals surface area contributed by atoms with E-state index in [2.05, 4.69) is 52.7 Å². The first-order valence-corrected chi connectivity index (χ1v) is 16.7. The number of benzene rings is 2. The molecule has 0 aliphatic rings. The molecule has 2 amide bonds. The van der Waals surface area contributed by atoms with Gasteiger partial charge in [0.1, 0.15) is 11.0 Å². The molecule has 0 saturated carbocycles. The Hall–Kier alpha value is -6.30. The number of rotatable bonds is 4. The Labute approximate surface area is 293 Å². The van der Waals surface area contributed by atoms with Crippen LogP contribution in [0, 0.1) is 6.92 Å². The van der Waals surface area contributed by atoms with Crippen molar-refractivity contribution in [1.29, 1.82) is 0 Å². The lowest BCUT2D eigenvalue weighted by molar-refractivity contribution is 0.0911. The number of carbonyl (C=O) groups is 2. The minimum absolute atomic E-state index is 0.163. The molecule has 0 saturated heterocycles. The first kappa shape index (κ1) is 33.2. The third-order valence-corrected chi connectivity index (χ3v) is 8.16. The number of aromatic nitrogens is 8. The van der Waals surface area contributed by atoms with Crippen LogP contribution in [0.4, 0.5) is 0 Å². The molecule has 0 spiro atoms. The van der Waals surface area contributed by atoms with Gasteiger partial charge in [0.05, 0.1) is 45.9 Å². The molecule has 0 atom stereocenters. The first-order chi connectivity index (χ1) is 24.2. The third-order valence-electron chi connectivity index (χ3n) is 8.16. The number of H-pyrrole nitrogens is 4. The fourth-order valence-corrected chi connectivity index (χ4v) is 6.01. The molecule has 12 heteroatoms. The molecular formula is C39H40N10O2. The van der Waals surface area contributed by atoms with Crippen molar-refractivity contribution >= 4 is 55.9 Å². The third kappa shape index (κ3) is 6.80.